The quantitative estimate of drug-likeness (QED) is 0.868. The molecule has 3 rings (SSSR count). The van der Waals surface area contributed by atoms with E-state index in [2.05, 4.69) is 5.32 Å². The predicted octanol–water partition coefficient (Wildman–Crippen LogP) is 3.29. The molecule has 28 heavy (non-hydrogen) atoms. The number of carbonyl (C=O) groups excluding carboxylic acids is 3. The highest BCUT2D eigenvalue weighted by Gasteiger charge is 2.36. The Balaban J connectivity index is 1.76. The third-order valence-electron chi connectivity index (χ3n) is 5.52. The molecule has 0 radical (unpaired) electrons. The first-order valence-corrected chi connectivity index (χ1v) is 10.3. The van der Waals surface area contributed by atoms with Gasteiger partial charge in [-0.3, -0.25) is 14.4 Å². The zero-order chi connectivity index (χ0) is 20.3. The maximum atomic E-state index is 13.2. The molecule has 6 nitrogen and oxygen atoms in total. The zero-order valence-corrected chi connectivity index (χ0v) is 17.2. The van der Waals surface area contributed by atoms with E-state index in [-0.39, 0.29) is 23.8 Å². The van der Waals surface area contributed by atoms with Gasteiger partial charge in [-0.15, -0.1) is 0 Å². The van der Waals surface area contributed by atoms with E-state index < -0.39 is 5.41 Å². The van der Waals surface area contributed by atoms with Crippen LogP contribution in [0.25, 0.3) is 0 Å². The molecule has 2 aliphatic rings. The first kappa shape index (κ1) is 20.4. The second-order valence-corrected chi connectivity index (χ2v) is 8.83. The van der Waals surface area contributed by atoms with Crippen LogP contribution < -0.4 is 5.32 Å². The average Bonchev–Trinajstić information content (AvgIpc) is 3.21. The fraction of sp³-hybridized carbons (Fsp3) is 0.591. The summed E-state index contributed by atoms with van der Waals surface area (Å²) in [5.41, 5.74) is 0.596. The highest BCUT2D eigenvalue weighted by molar-refractivity contribution is 6.00. The van der Waals surface area contributed by atoms with Crippen molar-refractivity contribution in [2.45, 2.75) is 58.9 Å². The summed E-state index contributed by atoms with van der Waals surface area (Å²) in [6, 6.07) is 6.64. The van der Waals surface area contributed by atoms with Crippen molar-refractivity contribution in [1.29, 1.82) is 0 Å². The first-order valence-electron chi connectivity index (χ1n) is 10.3. The van der Waals surface area contributed by atoms with E-state index in [1.807, 2.05) is 25.7 Å². The number of likely N-dealkylation sites (tertiary alicyclic amines) is 2. The monoisotopic (exact) mass is 385 g/mol. The van der Waals surface area contributed by atoms with Crippen LogP contribution in [-0.2, 0) is 9.59 Å². The number of nitrogens with zero attached hydrogens (tertiary/aromatic N) is 2. The van der Waals surface area contributed by atoms with Crippen molar-refractivity contribution >= 4 is 23.4 Å². The molecule has 1 aromatic rings. The number of carbonyl (C=O) groups is 3. The number of nitrogens with one attached hydrogen (secondary N) is 1. The molecule has 0 spiro atoms. The van der Waals surface area contributed by atoms with Gasteiger partial charge in [-0.1, -0.05) is 26.8 Å². The van der Waals surface area contributed by atoms with Crippen LogP contribution in [0.2, 0.25) is 0 Å². The van der Waals surface area contributed by atoms with Crippen LogP contribution >= 0.6 is 0 Å². The third-order valence-corrected chi connectivity index (χ3v) is 5.52. The summed E-state index contributed by atoms with van der Waals surface area (Å²) < 4.78 is 0. The Hall–Kier alpha value is -2.37. The van der Waals surface area contributed by atoms with Crippen molar-refractivity contribution < 1.29 is 14.4 Å². The number of hydrogen-bond donors (Lipinski definition) is 1. The van der Waals surface area contributed by atoms with Gasteiger partial charge in [-0.05, 0) is 50.3 Å². The van der Waals surface area contributed by atoms with Gasteiger partial charge >= 0.3 is 0 Å². The smallest absolute Gasteiger partial charge is 0.254 e. The largest absolute Gasteiger partial charge is 0.341 e. The highest BCUT2D eigenvalue weighted by Crippen LogP contribution is 2.24. The average molecular weight is 386 g/mol. The lowest BCUT2D eigenvalue weighted by molar-refractivity contribution is -0.136. The number of amides is 3. The summed E-state index contributed by atoms with van der Waals surface area (Å²) >= 11 is 0. The minimum absolute atomic E-state index is 0.0859. The second kappa shape index (κ2) is 8.33. The normalized spacial score (nSPS) is 20.2. The molecule has 3 amide bonds. The Bertz CT molecular complexity index is 748. The molecule has 0 saturated carbocycles. The van der Waals surface area contributed by atoms with Crippen molar-refractivity contribution in [3.05, 3.63) is 29.8 Å². The zero-order valence-electron chi connectivity index (χ0n) is 17.2. The Labute approximate surface area is 167 Å². The van der Waals surface area contributed by atoms with Gasteiger partial charge in [0.05, 0.1) is 0 Å². The summed E-state index contributed by atoms with van der Waals surface area (Å²) in [6.07, 6.45) is 4.69. The van der Waals surface area contributed by atoms with E-state index in [1.54, 1.807) is 29.2 Å². The molecule has 1 N–H and O–H groups in total. The number of benzene rings is 1. The van der Waals surface area contributed by atoms with Crippen molar-refractivity contribution in [2.75, 3.05) is 25.0 Å². The van der Waals surface area contributed by atoms with E-state index in [0.717, 1.165) is 45.2 Å². The van der Waals surface area contributed by atoms with E-state index >= 15 is 0 Å². The summed E-state index contributed by atoms with van der Waals surface area (Å²) in [4.78, 5) is 42.0. The molecule has 0 aliphatic carbocycles. The summed E-state index contributed by atoms with van der Waals surface area (Å²) in [5, 5.41) is 2.87. The van der Waals surface area contributed by atoms with Crippen molar-refractivity contribution in [3.63, 3.8) is 0 Å². The van der Waals surface area contributed by atoms with E-state index in [0.29, 0.717) is 17.8 Å². The first-order chi connectivity index (χ1) is 13.3. The van der Waals surface area contributed by atoms with Crippen LogP contribution in [-0.4, -0.2) is 53.2 Å². The minimum atomic E-state index is -0.514. The number of hydrogen-bond acceptors (Lipinski definition) is 3. The molecule has 2 fully saturated rings. The molecule has 0 aromatic heterocycles. The molecule has 152 valence electrons. The highest BCUT2D eigenvalue weighted by atomic mass is 16.2. The standard InChI is InChI=1S/C22H31N3O3/c1-22(2,3)21(28)23-17-10-8-9-16(15-17)19(26)25-14-5-4-11-18(25)20(27)24-12-6-7-13-24/h8-10,15,18H,4-7,11-14H2,1-3H3,(H,23,28). The van der Waals surface area contributed by atoms with Crippen LogP contribution in [0.15, 0.2) is 24.3 Å². The molecule has 1 unspecified atom stereocenters. The van der Waals surface area contributed by atoms with Gasteiger partial charge in [0, 0.05) is 36.3 Å². The molecule has 1 atom stereocenters. The van der Waals surface area contributed by atoms with Crippen LogP contribution in [0.4, 0.5) is 5.69 Å². The maximum absolute atomic E-state index is 13.2. The SMILES string of the molecule is CC(C)(C)C(=O)Nc1cccc(C(=O)N2CCCCC2C(=O)N2CCCC2)c1. The fourth-order valence-corrected chi connectivity index (χ4v) is 3.79. The summed E-state index contributed by atoms with van der Waals surface area (Å²) in [5.74, 6) is -0.149. The summed E-state index contributed by atoms with van der Waals surface area (Å²) in [7, 11) is 0. The van der Waals surface area contributed by atoms with Gasteiger partial charge in [-0.2, -0.15) is 0 Å². The lowest BCUT2D eigenvalue weighted by Crippen LogP contribution is -2.52. The Morgan fingerprint density at radius 3 is 2.36 bits per heavy atom. The Morgan fingerprint density at radius 2 is 1.68 bits per heavy atom. The van der Waals surface area contributed by atoms with Crippen molar-refractivity contribution in [1.82, 2.24) is 9.80 Å². The molecule has 2 heterocycles. The predicted molar refractivity (Wildman–Crippen MR) is 109 cm³/mol. The van der Waals surface area contributed by atoms with Crippen molar-refractivity contribution in [3.8, 4) is 0 Å². The van der Waals surface area contributed by atoms with Gasteiger partial charge in [0.1, 0.15) is 6.04 Å². The molecule has 2 saturated heterocycles. The van der Waals surface area contributed by atoms with Crippen molar-refractivity contribution in [2.24, 2.45) is 5.41 Å². The number of anilines is 1. The third kappa shape index (κ3) is 4.54. The van der Waals surface area contributed by atoms with E-state index in [9.17, 15) is 14.4 Å². The van der Waals surface area contributed by atoms with Crippen LogP contribution in [0.3, 0.4) is 0 Å². The fourth-order valence-electron chi connectivity index (χ4n) is 3.79. The van der Waals surface area contributed by atoms with E-state index in [1.165, 1.54) is 0 Å². The molecule has 6 heteroatoms. The van der Waals surface area contributed by atoms with Gasteiger partial charge in [0.2, 0.25) is 11.8 Å². The number of piperidine rings is 1. The molecular formula is C22H31N3O3. The Morgan fingerprint density at radius 1 is 1.00 bits per heavy atom. The lowest BCUT2D eigenvalue weighted by Gasteiger charge is -2.37. The molecular weight excluding hydrogens is 354 g/mol. The molecule has 0 bridgehead atoms. The van der Waals surface area contributed by atoms with E-state index in [4.69, 9.17) is 0 Å². The van der Waals surface area contributed by atoms with Gasteiger partial charge in [-0.25, -0.2) is 0 Å². The van der Waals surface area contributed by atoms with Gasteiger partial charge in [0.15, 0.2) is 0 Å². The molecule has 2 aliphatic heterocycles. The van der Waals surface area contributed by atoms with Gasteiger partial charge in [0.25, 0.3) is 5.91 Å². The Kier molecular flexibility index (Phi) is 6.06. The summed E-state index contributed by atoms with van der Waals surface area (Å²) in [6.45, 7) is 7.73. The molecule has 1 aromatic carbocycles. The van der Waals surface area contributed by atoms with Gasteiger partial charge < -0.3 is 15.1 Å². The topological polar surface area (TPSA) is 69.7 Å². The minimum Gasteiger partial charge on any atom is -0.341 e. The number of rotatable bonds is 3. The van der Waals surface area contributed by atoms with Crippen LogP contribution in [0, 0.1) is 5.41 Å². The lowest BCUT2D eigenvalue weighted by atomic mass is 9.95. The van der Waals surface area contributed by atoms with Crippen LogP contribution in [0.5, 0.6) is 0 Å². The maximum Gasteiger partial charge on any atom is 0.254 e. The van der Waals surface area contributed by atoms with Crippen LogP contribution in [0.1, 0.15) is 63.2 Å². The second-order valence-electron chi connectivity index (χ2n) is 8.83.